The second-order valence-corrected chi connectivity index (χ2v) is 6.13. The fraction of sp³-hybridized carbons (Fsp3) is 0.238. The largest absolute Gasteiger partial charge is 0.494 e. The summed E-state index contributed by atoms with van der Waals surface area (Å²) in [6.07, 6.45) is 3.44. The highest BCUT2D eigenvalue weighted by Crippen LogP contribution is 2.25. The minimum atomic E-state index is -0.934. The molecule has 26 heavy (non-hydrogen) atoms. The summed E-state index contributed by atoms with van der Waals surface area (Å²) in [7, 11) is 0. The van der Waals surface area contributed by atoms with Crippen LogP contribution in [0.3, 0.4) is 0 Å². The van der Waals surface area contributed by atoms with Crippen molar-refractivity contribution in [1.82, 2.24) is 10.2 Å². The fourth-order valence-corrected chi connectivity index (χ4v) is 2.67. The number of carbonyl (C=O) groups is 1. The Morgan fingerprint density at radius 2 is 1.73 bits per heavy atom. The Morgan fingerprint density at radius 1 is 1.04 bits per heavy atom. The van der Waals surface area contributed by atoms with Gasteiger partial charge in [-0.3, -0.25) is 5.10 Å². The smallest absolute Gasteiger partial charge is 0.335 e. The summed E-state index contributed by atoms with van der Waals surface area (Å²) >= 11 is 0. The van der Waals surface area contributed by atoms with E-state index in [4.69, 9.17) is 9.84 Å². The lowest BCUT2D eigenvalue weighted by Gasteiger charge is -2.06. The summed E-state index contributed by atoms with van der Waals surface area (Å²) < 4.78 is 5.73. The van der Waals surface area contributed by atoms with Crippen LogP contribution < -0.4 is 4.74 Å². The third-order valence-electron chi connectivity index (χ3n) is 4.19. The fourth-order valence-electron chi connectivity index (χ4n) is 2.67. The maximum atomic E-state index is 10.9. The van der Waals surface area contributed by atoms with Crippen molar-refractivity contribution in [3.8, 4) is 28.3 Å². The Kier molecular flexibility index (Phi) is 5.69. The molecule has 0 saturated heterocycles. The molecule has 0 fully saturated rings. The molecule has 0 saturated carbocycles. The predicted octanol–water partition coefficient (Wildman–Crippen LogP) is 5.01. The summed E-state index contributed by atoms with van der Waals surface area (Å²) in [6, 6.07) is 16.6. The van der Waals surface area contributed by atoms with Crippen LogP contribution in [0.4, 0.5) is 0 Å². The molecule has 0 amide bonds. The van der Waals surface area contributed by atoms with Gasteiger partial charge in [0.1, 0.15) is 5.75 Å². The van der Waals surface area contributed by atoms with Crippen molar-refractivity contribution in [3.63, 3.8) is 0 Å². The maximum Gasteiger partial charge on any atom is 0.335 e. The number of unbranched alkanes of at least 4 members (excludes halogenated alkanes) is 2. The first-order valence-electron chi connectivity index (χ1n) is 8.79. The number of hydrogen-bond acceptors (Lipinski definition) is 3. The first-order valence-corrected chi connectivity index (χ1v) is 8.79. The molecule has 1 aromatic heterocycles. The third-order valence-corrected chi connectivity index (χ3v) is 4.19. The normalized spacial score (nSPS) is 10.7. The molecule has 3 aromatic rings. The van der Waals surface area contributed by atoms with E-state index in [1.807, 2.05) is 30.3 Å². The summed E-state index contributed by atoms with van der Waals surface area (Å²) in [6.45, 7) is 2.92. The van der Waals surface area contributed by atoms with Gasteiger partial charge in [-0.25, -0.2) is 4.79 Å². The zero-order valence-electron chi connectivity index (χ0n) is 14.7. The van der Waals surface area contributed by atoms with E-state index in [9.17, 15) is 4.79 Å². The average molecular weight is 350 g/mol. The molecule has 0 aliphatic heterocycles. The Bertz CT molecular complexity index is 852. The highest BCUT2D eigenvalue weighted by atomic mass is 16.5. The van der Waals surface area contributed by atoms with Crippen molar-refractivity contribution < 1.29 is 14.6 Å². The number of aromatic carboxylic acids is 1. The summed E-state index contributed by atoms with van der Waals surface area (Å²) in [5.74, 6) is -0.0647. The Hall–Kier alpha value is -3.08. The average Bonchev–Trinajstić information content (AvgIpc) is 3.16. The van der Waals surface area contributed by atoms with Gasteiger partial charge in [0.2, 0.25) is 0 Å². The van der Waals surface area contributed by atoms with Gasteiger partial charge in [0.15, 0.2) is 0 Å². The molecule has 0 bridgehead atoms. The number of benzene rings is 2. The van der Waals surface area contributed by atoms with Gasteiger partial charge in [-0.05, 0) is 54.4 Å². The molecule has 0 radical (unpaired) electrons. The zero-order valence-corrected chi connectivity index (χ0v) is 14.7. The first kappa shape index (κ1) is 17.7. The van der Waals surface area contributed by atoms with Gasteiger partial charge in [0.25, 0.3) is 0 Å². The minimum absolute atomic E-state index is 0.263. The van der Waals surface area contributed by atoms with E-state index in [0.29, 0.717) is 0 Å². The molecule has 3 rings (SSSR count). The van der Waals surface area contributed by atoms with Crippen LogP contribution in [0.2, 0.25) is 0 Å². The molecule has 2 N–H and O–H groups in total. The van der Waals surface area contributed by atoms with Crippen LogP contribution in [-0.4, -0.2) is 27.9 Å². The van der Waals surface area contributed by atoms with Gasteiger partial charge < -0.3 is 9.84 Å². The molecule has 5 nitrogen and oxygen atoms in total. The number of rotatable bonds is 8. The monoisotopic (exact) mass is 350 g/mol. The van der Waals surface area contributed by atoms with Crippen LogP contribution in [0.25, 0.3) is 22.5 Å². The molecule has 0 unspecified atom stereocenters. The number of hydrogen-bond donors (Lipinski definition) is 2. The quantitative estimate of drug-likeness (QED) is 0.560. The van der Waals surface area contributed by atoms with E-state index in [0.717, 1.165) is 41.3 Å². The van der Waals surface area contributed by atoms with E-state index in [2.05, 4.69) is 17.1 Å². The number of H-pyrrole nitrogens is 1. The van der Waals surface area contributed by atoms with E-state index in [-0.39, 0.29) is 5.56 Å². The molecular formula is C21H22N2O3. The van der Waals surface area contributed by atoms with E-state index in [1.54, 1.807) is 24.3 Å². The second-order valence-electron chi connectivity index (χ2n) is 6.13. The number of aromatic nitrogens is 2. The van der Waals surface area contributed by atoms with Crippen molar-refractivity contribution in [1.29, 1.82) is 0 Å². The lowest BCUT2D eigenvalue weighted by atomic mass is 10.1. The van der Waals surface area contributed by atoms with Gasteiger partial charge in [-0.15, -0.1) is 0 Å². The highest BCUT2D eigenvalue weighted by Gasteiger charge is 2.08. The van der Waals surface area contributed by atoms with Crippen LogP contribution in [0.1, 0.15) is 36.5 Å². The van der Waals surface area contributed by atoms with Crippen molar-refractivity contribution in [2.75, 3.05) is 6.61 Å². The van der Waals surface area contributed by atoms with Crippen LogP contribution in [-0.2, 0) is 0 Å². The molecular weight excluding hydrogens is 328 g/mol. The molecule has 0 aliphatic rings. The van der Waals surface area contributed by atoms with Gasteiger partial charge in [0.05, 0.1) is 23.6 Å². The minimum Gasteiger partial charge on any atom is -0.494 e. The van der Waals surface area contributed by atoms with E-state index < -0.39 is 5.97 Å². The number of aromatic amines is 1. The van der Waals surface area contributed by atoms with Crippen molar-refractivity contribution in [2.24, 2.45) is 0 Å². The third kappa shape index (κ3) is 4.30. The number of nitrogens with one attached hydrogen (secondary N) is 1. The number of ether oxygens (including phenoxy) is 1. The van der Waals surface area contributed by atoms with Crippen LogP contribution in [0.15, 0.2) is 54.6 Å². The van der Waals surface area contributed by atoms with Crippen LogP contribution in [0.5, 0.6) is 5.75 Å². The predicted molar refractivity (Wildman–Crippen MR) is 101 cm³/mol. The number of nitrogens with zero attached hydrogens (tertiary/aromatic N) is 1. The zero-order chi connectivity index (χ0) is 18.4. The maximum absolute atomic E-state index is 10.9. The summed E-state index contributed by atoms with van der Waals surface area (Å²) in [5, 5.41) is 16.3. The van der Waals surface area contributed by atoms with Gasteiger partial charge >= 0.3 is 5.97 Å². The molecule has 0 atom stereocenters. The Labute approximate surface area is 152 Å². The van der Waals surface area contributed by atoms with Gasteiger partial charge in [-0.2, -0.15) is 5.10 Å². The second kappa shape index (κ2) is 8.34. The van der Waals surface area contributed by atoms with Crippen molar-refractivity contribution in [3.05, 3.63) is 60.2 Å². The summed E-state index contributed by atoms with van der Waals surface area (Å²) in [5.41, 5.74) is 3.83. The van der Waals surface area contributed by atoms with Crippen LogP contribution in [0, 0.1) is 0 Å². The topological polar surface area (TPSA) is 75.2 Å². The van der Waals surface area contributed by atoms with Crippen molar-refractivity contribution >= 4 is 5.97 Å². The first-order chi connectivity index (χ1) is 12.7. The van der Waals surface area contributed by atoms with Crippen molar-refractivity contribution in [2.45, 2.75) is 26.2 Å². The molecule has 2 aromatic carbocycles. The van der Waals surface area contributed by atoms with Gasteiger partial charge in [-0.1, -0.05) is 31.9 Å². The molecule has 0 aliphatic carbocycles. The summed E-state index contributed by atoms with van der Waals surface area (Å²) in [4.78, 5) is 10.9. The SMILES string of the molecule is CCCCCOc1ccc(-c2cc(-c3ccc(C(=O)O)cc3)n[nH]2)cc1. The highest BCUT2D eigenvalue weighted by molar-refractivity contribution is 5.88. The van der Waals surface area contributed by atoms with E-state index in [1.165, 1.54) is 12.8 Å². The van der Waals surface area contributed by atoms with Gasteiger partial charge in [0, 0.05) is 5.56 Å². The van der Waals surface area contributed by atoms with E-state index >= 15 is 0 Å². The number of carboxylic acid groups (broad SMARTS) is 1. The Morgan fingerprint density at radius 3 is 2.38 bits per heavy atom. The molecule has 1 heterocycles. The number of carboxylic acids is 1. The standard InChI is InChI=1S/C21H22N2O3/c1-2-3-4-13-26-18-11-9-16(10-12-18)20-14-19(22-23-20)15-5-7-17(8-6-15)21(24)25/h5-12,14H,2-4,13H2,1H3,(H,22,23)(H,24,25). The molecule has 134 valence electrons. The Balaban J connectivity index is 1.68. The molecule has 5 heteroatoms. The lowest BCUT2D eigenvalue weighted by molar-refractivity contribution is 0.0697. The van der Waals surface area contributed by atoms with Crippen LogP contribution >= 0.6 is 0 Å². The lowest BCUT2D eigenvalue weighted by Crippen LogP contribution is -1.96. The molecule has 0 spiro atoms.